The van der Waals surface area contributed by atoms with Crippen LogP contribution in [0.3, 0.4) is 0 Å². The number of nitrogens with zero attached hydrogens (tertiary/aromatic N) is 3. The van der Waals surface area contributed by atoms with Crippen molar-refractivity contribution in [2.24, 2.45) is 10.9 Å². The highest BCUT2D eigenvalue weighted by Crippen LogP contribution is 2.18. The molecule has 1 aromatic carbocycles. The van der Waals surface area contributed by atoms with Crippen LogP contribution >= 0.6 is 15.9 Å². The summed E-state index contributed by atoms with van der Waals surface area (Å²) >= 11 is 3.40. The molecule has 0 bridgehead atoms. The van der Waals surface area contributed by atoms with Crippen molar-refractivity contribution in [3.63, 3.8) is 0 Å². The summed E-state index contributed by atoms with van der Waals surface area (Å²) in [7, 11) is 0. The fourth-order valence-electron chi connectivity index (χ4n) is 2.41. The molecule has 0 spiro atoms. The number of aryl methyl sites for hydroxylation is 1. The maximum absolute atomic E-state index is 12.5. The highest BCUT2D eigenvalue weighted by atomic mass is 79.9. The van der Waals surface area contributed by atoms with Crippen LogP contribution in [0.4, 0.5) is 0 Å². The largest absolute Gasteiger partial charge is 0.409 e. The lowest BCUT2D eigenvalue weighted by Crippen LogP contribution is -2.50. The Hall–Kier alpha value is -1.60. The Labute approximate surface area is 132 Å². The Kier molecular flexibility index (Phi) is 5.19. The topological polar surface area (TPSA) is 82.2 Å². The summed E-state index contributed by atoms with van der Waals surface area (Å²) in [6.45, 7) is 5.09. The Morgan fingerprint density at radius 2 is 2.05 bits per heavy atom. The van der Waals surface area contributed by atoms with Gasteiger partial charge < -0.3 is 15.8 Å². The van der Waals surface area contributed by atoms with Crippen LogP contribution in [0.15, 0.2) is 27.8 Å². The minimum absolute atomic E-state index is 0.0587. The molecule has 0 aliphatic carbocycles. The molecule has 3 N–H and O–H groups in total. The number of carbonyl (C=O) groups excluding carboxylic acids is 1. The monoisotopic (exact) mass is 354 g/mol. The Bertz CT molecular complexity index is 554. The number of carbonyl (C=O) groups is 1. The van der Waals surface area contributed by atoms with Crippen molar-refractivity contribution in [2.75, 3.05) is 32.7 Å². The number of oxime groups is 1. The molecule has 0 unspecified atom stereocenters. The van der Waals surface area contributed by atoms with Crippen LogP contribution < -0.4 is 5.73 Å². The van der Waals surface area contributed by atoms with E-state index in [4.69, 9.17) is 10.9 Å². The van der Waals surface area contributed by atoms with Crippen molar-refractivity contribution in [1.82, 2.24) is 9.80 Å². The second-order valence-electron chi connectivity index (χ2n) is 5.12. The number of hydrogen-bond acceptors (Lipinski definition) is 4. The minimum atomic E-state index is 0.0587. The van der Waals surface area contributed by atoms with Gasteiger partial charge in [0.25, 0.3) is 5.91 Å². The normalized spacial score (nSPS) is 17.0. The number of piperazine rings is 1. The molecular formula is C14H19BrN4O2. The van der Waals surface area contributed by atoms with Crippen molar-refractivity contribution in [2.45, 2.75) is 6.92 Å². The van der Waals surface area contributed by atoms with Gasteiger partial charge in [-0.1, -0.05) is 21.1 Å². The smallest absolute Gasteiger partial charge is 0.254 e. The Morgan fingerprint density at radius 3 is 2.62 bits per heavy atom. The number of amidine groups is 1. The van der Waals surface area contributed by atoms with Gasteiger partial charge in [0.1, 0.15) is 0 Å². The zero-order valence-electron chi connectivity index (χ0n) is 11.9. The number of nitrogens with two attached hydrogens (primary N) is 1. The quantitative estimate of drug-likeness (QED) is 0.370. The van der Waals surface area contributed by atoms with Crippen molar-refractivity contribution in [3.8, 4) is 0 Å². The van der Waals surface area contributed by atoms with Gasteiger partial charge in [-0.15, -0.1) is 0 Å². The lowest BCUT2D eigenvalue weighted by Gasteiger charge is -2.34. The van der Waals surface area contributed by atoms with Crippen LogP contribution in [-0.2, 0) is 0 Å². The molecule has 0 radical (unpaired) electrons. The first-order valence-electron chi connectivity index (χ1n) is 6.75. The molecule has 7 heteroatoms. The van der Waals surface area contributed by atoms with Crippen LogP contribution in [0.2, 0.25) is 0 Å². The molecule has 1 aliphatic rings. The second kappa shape index (κ2) is 6.91. The van der Waals surface area contributed by atoms with Gasteiger partial charge in [-0.2, -0.15) is 0 Å². The van der Waals surface area contributed by atoms with Crippen molar-refractivity contribution in [1.29, 1.82) is 0 Å². The van der Waals surface area contributed by atoms with Crippen LogP contribution in [-0.4, -0.2) is 59.5 Å². The maximum Gasteiger partial charge on any atom is 0.254 e. The standard InChI is InChI=1S/C14H19BrN4O2/c1-10-8-11(15)2-3-12(10)14(20)19-6-4-18(5-7-19)9-13(16)17-21/h2-3,8,21H,4-7,9H2,1H3,(H2,16,17). The fraction of sp³-hybridized carbons (Fsp3) is 0.429. The average Bonchev–Trinajstić information content (AvgIpc) is 2.47. The van der Waals surface area contributed by atoms with Crippen molar-refractivity contribution < 1.29 is 10.0 Å². The first kappa shape index (κ1) is 15.8. The van der Waals surface area contributed by atoms with E-state index in [1.807, 2.05) is 30.0 Å². The van der Waals surface area contributed by atoms with E-state index in [1.54, 1.807) is 0 Å². The molecule has 2 rings (SSSR count). The van der Waals surface area contributed by atoms with E-state index in [1.165, 1.54) is 0 Å². The van der Waals surface area contributed by atoms with E-state index in [9.17, 15) is 4.79 Å². The molecule has 1 saturated heterocycles. The van der Waals surface area contributed by atoms with E-state index < -0.39 is 0 Å². The first-order valence-corrected chi connectivity index (χ1v) is 7.54. The summed E-state index contributed by atoms with van der Waals surface area (Å²) in [6.07, 6.45) is 0. The predicted molar refractivity (Wildman–Crippen MR) is 84.6 cm³/mol. The minimum Gasteiger partial charge on any atom is -0.409 e. The lowest BCUT2D eigenvalue weighted by molar-refractivity contribution is 0.0652. The number of halogens is 1. The highest BCUT2D eigenvalue weighted by Gasteiger charge is 2.23. The summed E-state index contributed by atoms with van der Waals surface area (Å²) in [5.74, 6) is 0.252. The van der Waals surface area contributed by atoms with E-state index in [0.717, 1.165) is 28.7 Å². The molecule has 1 fully saturated rings. The molecule has 6 nitrogen and oxygen atoms in total. The first-order chi connectivity index (χ1) is 10.0. The third-order valence-corrected chi connectivity index (χ3v) is 4.09. The van der Waals surface area contributed by atoms with Gasteiger partial charge in [-0.3, -0.25) is 9.69 Å². The van der Waals surface area contributed by atoms with Crippen molar-refractivity contribution >= 4 is 27.7 Å². The summed E-state index contributed by atoms with van der Waals surface area (Å²) < 4.78 is 0.972. The average molecular weight is 355 g/mol. The molecule has 0 aromatic heterocycles. The zero-order valence-corrected chi connectivity index (χ0v) is 13.5. The molecule has 1 heterocycles. The van der Waals surface area contributed by atoms with Crippen LogP contribution in [0.5, 0.6) is 0 Å². The molecule has 21 heavy (non-hydrogen) atoms. The third-order valence-electron chi connectivity index (χ3n) is 3.59. The highest BCUT2D eigenvalue weighted by molar-refractivity contribution is 9.10. The van der Waals surface area contributed by atoms with Gasteiger partial charge in [-0.25, -0.2) is 0 Å². The SMILES string of the molecule is Cc1cc(Br)ccc1C(=O)N1CCN(CC(N)=NO)CC1. The Morgan fingerprint density at radius 1 is 1.38 bits per heavy atom. The molecule has 1 amide bonds. The van der Waals surface area contributed by atoms with Crippen molar-refractivity contribution in [3.05, 3.63) is 33.8 Å². The molecule has 0 atom stereocenters. The summed E-state index contributed by atoms with van der Waals surface area (Å²) in [5, 5.41) is 11.5. The molecule has 0 saturated carbocycles. The third kappa shape index (κ3) is 3.95. The van der Waals surface area contributed by atoms with E-state index >= 15 is 0 Å². The van der Waals surface area contributed by atoms with Gasteiger partial charge in [0.2, 0.25) is 0 Å². The maximum atomic E-state index is 12.5. The second-order valence-corrected chi connectivity index (χ2v) is 6.03. The van der Waals surface area contributed by atoms with Gasteiger partial charge in [0.15, 0.2) is 5.84 Å². The van der Waals surface area contributed by atoms with E-state index in [0.29, 0.717) is 19.6 Å². The predicted octanol–water partition coefficient (Wildman–Crippen LogP) is 1.26. The molecule has 114 valence electrons. The van der Waals surface area contributed by atoms with Gasteiger partial charge in [-0.05, 0) is 30.7 Å². The Balaban J connectivity index is 1.97. The van der Waals surface area contributed by atoms with Crippen LogP contribution in [0.1, 0.15) is 15.9 Å². The van der Waals surface area contributed by atoms with E-state index in [-0.39, 0.29) is 11.7 Å². The number of hydrogen-bond donors (Lipinski definition) is 2. The van der Waals surface area contributed by atoms with Gasteiger partial charge in [0.05, 0.1) is 6.54 Å². The van der Waals surface area contributed by atoms with E-state index in [2.05, 4.69) is 26.0 Å². The summed E-state index contributed by atoms with van der Waals surface area (Å²) in [6, 6.07) is 5.68. The number of rotatable bonds is 3. The summed E-state index contributed by atoms with van der Waals surface area (Å²) in [5.41, 5.74) is 7.20. The molecule has 1 aliphatic heterocycles. The number of benzene rings is 1. The lowest BCUT2D eigenvalue weighted by atomic mass is 10.1. The molecular weight excluding hydrogens is 336 g/mol. The van der Waals surface area contributed by atoms with Crippen LogP contribution in [0, 0.1) is 6.92 Å². The summed E-state index contributed by atoms with van der Waals surface area (Å²) in [4.78, 5) is 16.4. The van der Waals surface area contributed by atoms with Gasteiger partial charge in [0, 0.05) is 36.2 Å². The molecule has 1 aromatic rings. The fourth-order valence-corrected chi connectivity index (χ4v) is 2.88. The van der Waals surface area contributed by atoms with Crippen LogP contribution in [0.25, 0.3) is 0 Å². The zero-order chi connectivity index (χ0) is 15.4. The van der Waals surface area contributed by atoms with Gasteiger partial charge >= 0.3 is 0 Å². The number of amides is 1.